The minimum absolute atomic E-state index is 0.166. The maximum Gasteiger partial charge on any atom is 0.323 e. The van der Waals surface area contributed by atoms with Gasteiger partial charge in [0, 0.05) is 0 Å². The number of hydrogen-bond donors (Lipinski definition) is 0. The van der Waals surface area contributed by atoms with E-state index in [1.807, 2.05) is 13.8 Å². The van der Waals surface area contributed by atoms with Crippen LogP contribution in [0.5, 0.6) is 0 Å². The maximum absolute atomic E-state index is 12.1. The lowest BCUT2D eigenvalue weighted by Gasteiger charge is -2.25. The Bertz CT molecular complexity index is 431. The quantitative estimate of drug-likeness (QED) is 0.311. The van der Waals surface area contributed by atoms with Crippen molar-refractivity contribution in [1.82, 2.24) is 0 Å². The van der Waals surface area contributed by atoms with Crippen LogP contribution in [0.15, 0.2) is 42.2 Å². The van der Waals surface area contributed by atoms with E-state index in [1.54, 1.807) is 24.3 Å². The summed E-state index contributed by atoms with van der Waals surface area (Å²) < 4.78 is 9.55. The molecule has 0 aliphatic carbocycles. The van der Waals surface area contributed by atoms with Crippen LogP contribution < -0.4 is 0 Å². The number of carbonyl (C=O) groups is 2. The first kappa shape index (κ1) is 17.9. The van der Waals surface area contributed by atoms with Crippen molar-refractivity contribution in [1.29, 1.82) is 0 Å². The van der Waals surface area contributed by atoms with Gasteiger partial charge in [-0.25, -0.2) is 0 Å². The first-order chi connectivity index (χ1) is 9.44. The highest BCUT2D eigenvalue weighted by Crippen LogP contribution is 2.31. The zero-order valence-corrected chi connectivity index (χ0v) is 12.6. The van der Waals surface area contributed by atoms with Crippen molar-refractivity contribution < 1.29 is 19.1 Å². The minimum atomic E-state index is -1.38. The highest BCUT2D eigenvalue weighted by Gasteiger charge is 2.46. The standard InChI is InChI=1S/C16H22O4/c1-6-7-8-11-16(14(17)19-4,15(18)20-5)12-9-10-13(2)3/h6-9H,1,11-12H2,2-5H3/b8-7+. The maximum atomic E-state index is 12.1. The van der Waals surface area contributed by atoms with Gasteiger partial charge in [0.05, 0.1) is 14.2 Å². The Hall–Kier alpha value is -2.06. The molecular formula is C16H22O4. The molecule has 0 aromatic heterocycles. The Morgan fingerprint density at radius 2 is 1.70 bits per heavy atom. The molecule has 0 rings (SSSR count). The summed E-state index contributed by atoms with van der Waals surface area (Å²) in [5.74, 6) is -1.24. The summed E-state index contributed by atoms with van der Waals surface area (Å²) >= 11 is 0. The lowest BCUT2D eigenvalue weighted by atomic mass is 9.80. The van der Waals surface area contributed by atoms with Crippen molar-refractivity contribution in [2.75, 3.05) is 14.2 Å². The Labute approximate surface area is 120 Å². The summed E-state index contributed by atoms with van der Waals surface area (Å²) in [5.41, 5.74) is 2.55. The third-order valence-corrected chi connectivity index (χ3v) is 2.73. The van der Waals surface area contributed by atoms with Crippen LogP contribution in [0.25, 0.3) is 0 Å². The number of ether oxygens (including phenoxy) is 2. The van der Waals surface area contributed by atoms with Gasteiger partial charge in [0.15, 0.2) is 5.41 Å². The largest absolute Gasteiger partial charge is 0.468 e. The number of carbonyl (C=O) groups excluding carboxylic acids is 2. The molecule has 0 N–H and O–H groups in total. The lowest BCUT2D eigenvalue weighted by Crippen LogP contribution is -2.40. The fourth-order valence-electron chi connectivity index (χ4n) is 1.69. The average Bonchev–Trinajstić information content (AvgIpc) is 2.43. The van der Waals surface area contributed by atoms with Crippen LogP contribution in [-0.4, -0.2) is 26.2 Å². The molecule has 0 radical (unpaired) electrons. The molecule has 0 unspecified atom stereocenters. The van der Waals surface area contributed by atoms with Gasteiger partial charge in [0.1, 0.15) is 0 Å². The van der Waals surface area contributed by atoms with Gasteiger partial charge in [-0.05, 0) is 38.3 Å². The molecule has 4 nitrogen and oxygen atoms in total. The molecule has 0 fully saturated rings. The summed E-state index contributed by atoms with van der Waals surface area (Å²) in [5, 5.41) is 0. The smallest absolute Gasteiger partial charge is 0.323 e. The van der Waals surface area contributed by atoms with E-state index in [2.05, 4.69) is 12.3 Å². The third-order valence-electron chi connectivity index (χ3n) is 2.73. The summed E-state index contributed by atoms with van der Waals surface area (Å²) in [6.45, 7) is 7.32. The van der Waals surface area contributed by atoms with E-state index >= 15 is 0 Å². The molecule has 0 atom stereocenters. The van der Waals surface area contributed by atoms with Crippen molar-refractivity contribution in [2.45, 2.75) is 26.7 Å². The highest BCUT2D eigenvalue weighted by atomic mass is 16.5. The van der Waals surface area contributed by atoms with Crippen LogP contribution in [0.1, 0.15) is 26.7 Å². The monoisotopic (exact) mass is 278 g/mol. The number of hydrogen-bond acceptors (Lipinski definition) is 4. The van der Waals surface area contributed by atoms with Gasteiger partial charge in [0.25, 0.3) is 0 Å². The molecular weight excluding hydrogens is 256 g/mol. The fourth-order valence-corrected chi connectivity index (χ4v) is 1.69. The molecule has 0 saturated heterocycles. The molecule has 110 valence electrons. The summed E-state index contributed by atoms with van der Waals surface area (Å²) in [7, 11) is 2.50. The van der Waals surface area contributed by atoms with E-state index < -0.39 is 17.4 Å². The average molecular weight is 278 g/mol. The van der Waals surface area contributed by atoms with Gasteiger partial charge in [0.2, 0.25) is 0 Å². The Kier molecular flexibility index (Phi) is 8.02. The van der Waals surface area contributed by atoms with E-state index in [1.165, 1.54) is 14.2 Å². The van der Waals surface area contributed by atoms with Crippen LogP contribution in [0.4, 0.5) is 0 Å². The minimum Gasteiger partial charge on any atom is -0.468 e. The van der Waals surface area contributed by atoms with Gasteiger partial charge < -0.3 is 9.47 Å². The number of allylic oxidation sites excluding steroid dienone is 4. The van der Waals surface area contributed by atoms with E-state index in [0.29, 0.717) is 0 Å². The van der Waals surface area contributed by atoms with Crippen molar-refractivity contribution in [3.8, 4) is 0 Å². The molecule has 0 spiro atoms. The zero-order chi connectivity index (χ0) is 15.6. The lowest BCUT2D eigenvalue weighted by molar-refractivity contribution is -0.168. The van der Waals surface area contributed by atoms with Crippen LogP contribution in [0.2, 0.25) is 0 Å². The van der Waals surface area contributed by atoms with Crippen molar-refractivity contribution >= 4 is 11.9 Å². The molecule has 0 bridgehead atoms. The summed E-state index contributed by atoms with van der Waals surface area (Å²) in [6, 6.07) is 0. The first-order valence-electron chi connectivity index (χ1n) is 6.27. The van der Waals surface area contributed by atoms with Gasteiger partial charge in [-0.1, -0.05) is 24.8 Å². The molecule has 0 aliphatic heterocycles. The molecule has 0 aliphatic rings. The van der Waals surface area contributed by atoms with E-state index in [0.717, 1.165) is 5.57 Å². The topological polar surface area (TPSA) is 52.6 Å². The highest BCUT2D eigenvalue weighted by molar-refractivity contribution is 6.00. The van der Waals surface area contributed by atoms with Crippen LogP contribution >= 0.6 is 0 Å². The summed E-state index contributed by atoms with van der Waals surface area (Å²) in [6.07, 6.45) is 6.94. The third kappa shape index (κ3) is 4.90. The molecule has 0 aromatic rings. The second kappa shape index (κ2) is 8.94. The summed E-state index contributed by atoms with van der Waals surface area (Å²) in [4.78, 5) is 24.1. The fraction of sp³-hybridized carbons (Fsp3) is 0.438. The molecule has 0 saturated carbocycles. The molecule has 0 aromatic carbocycles. The molecule has 0 heterocycles. The van der Waals surface area contributed by atoms with E-state index in [4.69, 9.17) is 9.47 Å². The predicted octanol–water partition coefficient (Wildman–Crippen LogP) is 2.96. The number of rotatable bonds is 7. The van der Waals surface area contributed by atoms with Crippen LogP contribution in [-0.2, 0) is 19.1 Å². The second-order valence-corrected chi connectivity index (χ2v) is 4.49. The Balaban J connectivity index is 5.59. The van der Waals surface area contributed by atoms with Crippen molar-refractivity contribution in [2.24, 2.45) is 5.41 Å². The van der Waals surface area contributed by atoms with Crippen LogP contribution in [0.3, 0.4) is 0 Å². The number of methoxy groups -OCH3 is 2. The van der Waals surface area contributed by atoms with Gasteiger partial charge in [-0.2, -0.15) is 0 Å². The SMILES string of the molecule is C=C/C=C/CC(CC=C=C(C)C)(C(=O)OC)C(=O)OC. The van der Waals surface area contributed by atoms with Crippen molar-refractivity contribution in [3.05, 3.63) is 42.2 Å². The van der Waals surface area contributed by atoms with E-state index in [-0.39, 0.29) is 12.8 Å². The Morgan fingerprint density at radius 3 is 2.10 bits per heavy atom. The van der Waals surface area contributed by atoms with Crippen LogP contribution in [0, 0.1) is 5.41 Å². The predicted molar refractivity (Wildman–Crippen MR) is 78.0 cm³/mol. The normalized spacial score (nSPS) is 10.6. The second-order valence-electron chi connectivity index (χ2n) is 4.49. The van der Waals surface area contributed by atoms with Gasteiger partial charge in [-0.3, -0.25) is 9.59 Å². The number of esters is 2. The molecule has 4 heteroatoms. The Morgan fingerprint density at radius 1 is 1.15 bits per heavy atom. The van der Waals surface area contributed by atoms with Gasteiger partial charge in [-0.15, -0.1) is 5.73 Å². The van der Waals surface area contributed by atoms with Gasteiger partial charge >= 0.3 is 11.9 Å². The first-order valence-corrected chi connectivity index (χ1v) is 6.27. The zero-order valence-electron chi connectivity index (χ0n) is 12.6. The van der Waals surface area contributed by atoms with E-state index in [9.17, 15) is 9.59 Å². The molecule has 20 heavy (non-hydrogen) atoms. The molecule has 0 amide bonds. The van der Waals surface area contributed by atoms with Crippen molar-refractivity contribution in [3.63, 3.8) is 0 Å².